The molecule has 0 aromatic heterocycles. The lowest BCUT2D eigenvalue weighted by Crippen LogP contribution is -2.10. The van der Waals surface area contributed by atoms with Gasteiger partial charge in [0.25, 0.3) is 0 Å². The van der Waals surface area contributed by atoms with Crippen molar-refractivity contribution in [3.05, 3.63) is 59.2 Å². The van der Waals surface area contributed by atoms with E-state index in [9.17, 15) is 0 Å². The average molecular weight is 225 g/mol. The Morgan fingerprint density at radius 1 is 0.765 bits per heavy atom. The quantitative estimate of drug-likeness (QED) is 0.733. The SMILES string of the molecule is Cc1cc(N(C)c2ccccc2)cc(C)c1C. The molecule has 0 aliphatic rings. The molecule has 0 atom stereocenters. The average Bonchev–Trinajstić information content (AvgIpc) is 2.35. The van der Waals surface area contributed by atoms with Crippen molar-refractivity contribution < 1.29 is 0 Å². The van der Waals surface area contributed by atoms with Gasteiger partial charge >= 0.3 is 0 Å². The fourth-order valence-corrected chi connectivity index (χ4v) is 2.01. The number of aryl methyl sites for hydroxylation is 2. The van der Waals surface area contributed by atoms with Crippen molar-refractivity contribution in [2.24, 2.45) is 0 Å². The molecule has 0 unspecified atom stereocenters. The first-order chi connectivity index (χ1) is 8.09. The minimum Gasteiger partial charge on any atom is -0.345 e. The van der Waals surface area contributed by atoms with Crippen LogP contribution in [-0.4, -0.2) is 7.05 Å². The first kappa shape index (κ1) is 11.7. The van der Waals surface area contributed by atoms with Crippen molar-refractivity contribution >= 4 is 11.4 Å². The minimum atomic E-state index is 1.22. The molecule has 2 aromatic carbocycles. The van der Waals surface area contributed by atoms with E-state index in [0.29, 0.717) is 0 Å². The number of nitrogens with zero attached hydrogens (tertiary/aromatic N) is 1. The van der Waals surface area contributed by atoms with Crippen molar-refractivity contribution in [2.45, 2.75) is 20.8 Å². The zero-order valence-electron chi connectivity index (χ0n) is 11.0. The molecule has 0 spiro atoms. The highest BCUT2D eigenvalue weighted by molar-refractivity contribution is 5.64. The third kappa shape index (κ3) is 2.33. The second kappa shape index (κ2) is 4.62. The summed E-state index contributed by atoms with van der Waals surface area (Å²) in [6, 6.07) is 14.9. The lowest BCUT2D eigenvalue weighted by Gasteiger charge is -2.21. The highest BCUT2D eigenvalue weighted by Crippen LogP contribution is 2.27. The van der Waals surface area contributed by atoms with Gasteiger partial charge in [0.05, 0.1) is 0 Å². The first-order valence-electron chi connectivity index (χ1n) is 5.96. The van der Waals surface area contributed by atoms with Crippen LogP contribution in [0.4, 0.5) is 11.4 Å². The molecule has 0 bridgehead atoms. The predicted octanol–water partition coefficient (Wildman–Crippen LogP) is 4.38. The van der Waals surface area contributed by atoms with Crippen LogP contribution in [0.15, 0.2) is 42.5 Å². The van der Waals surface area contributed by atoms with Crippen LogP contribution in [0.3, 0.4) is 0 Å². The van der Waals surface area contributed by atoms with E-state index in [1.54, 1.807) is 0 Å². The van der Waals surface area contributed by atoms with Gasteiger partial charge < -0.3 is 4.90 Å². The van der Waals surface area contributed by atoms with Crippen LogP contribution >= 0.6 is 0 Å². The van der Waals surface area contributed by atoms with Gasteiger partial charge in [0.1, 0.15) is 0 Å². The molecule has 0 radical (unpaired) electrons. The monoisotopic (exact) mass is 225 g/mol. The van der Waals surface area contributed by atoms with Gasteiger partial charge in [0.2, 0.25) is 0 Å². The van der Waals surface area contributed by atoms with Crippen LogP contribution in [0.1, 0.15) is 16.7 Å². The maximum absolute atomic E-state index is 2.25. The normalized spacial score (nSPS) is 10.4. The topological polar surface area (TPSA) is 3.24 Å². The van der Waals surface area contributed by atoms with Gasteiger partial charge in [-0.1, -0.05) is 18.2 Å². The Kier molecular flexibility index (Phi) is 3.19. The van der Waals surface area contributed by atoms with Gasteiger partial charge in [-0.05, 0) is 61.7 Å². The van der Waals surface area contributed by atoms with Gasteiger partial charge in [-0.3, -0.25) is 0 Å². The summed E-state index contributed by atoms with van der Waals surface area (Å²) in [6.45, 7) is 6.52. The Balaban J connectivity index is 2.41. The Labute approximate surface area is 104 Å². The van der Waals surface area contributed by atoms with Crippen molar-refractivity contribution in [1.29, 1.82) is 0 Å². The summed E-state index contributed by atoms with van der Waals surface area (Å²) in [5, 5.41) is 0. The summed E-state index contributed by atoms with van der Waals surface area (Å²) in [6.07, 6.45) is 0. The van der Waals surface area contributed by atoms with E-state index in [4.69, 9.17) is 0 Å². The molecule has 0 fully saturated rings. The van der Waals surface area contributed by atoms with Gasteiger partial charge in [0, 0.05) is 18.4 Å². The van der Waals surface area contributed by atoms with E-state index < -0.39 is 0 Å². The zero-order chi connectivity index (χ0) is 12.4. The zero-order valence-corrected chi connectivity index (χ0v) is 11.0. The Hall–Kier alpha value is -1.76. The van der Waals surface area contributed by atoms with Gasteiger partial charge in [-0.15, -0.1) is 0 Å². The van der Waals surface area contributed by atoms with Crippen LogP contribution in [0.25, 0.3) is 0 Å². The molecule has 0 aliphatic heterocycles. The summed E-state index contributed by atoms with van der Waals surface area (Å²) in [4.78, 5) is 2.22. The Bertz CT molecular complexity index is 491. The molecule has 0 saturated carbocycles. The molecule has 2 aromatic rings. The van der Waals surface area contributed by atoms with Crippen molar-refractivity contribution in [2.75, 3.05) is 11.9 Å². The number of anilines is 2. The number of hydrogen-bond donors (Lipinski definition) is 0. The summed E-state index contributed by atoms with van der Waals surface area (Å²) in [5.74, 6) is 0. The number of para-hydroxylation sites is 1. The molecular formula is C16H19N. The summed E-state index contributed by atoms with van der Waals surface area (Å²) >= 11 is 0. The molecular weight excluding hydrogens is 206 g/mol. The minimum absolute atomic E-state index is 1.22. The molecule has 88 valence electrons. The fraction of sp³-hybridized carbons (Fsp3) is 0.250. The van der Waals surface area contributed by atoms with Crippen LogP contribution in [0, 0.1) is 20.8 Å². The van der Waals surface area contributed by atoms with E-state index in [0.717, 1.165) is 0 Å². The lowest BCUT2D eigenvalue weighted by atomic mass is 10.0. The third-order valence-corrected chi connectivity index (χ3v) is 3.44. The van der Waals surface area contributed by atoms with Crippen molar-refractivity contribution in [1.82, 2.24) is 0 Å². The fourth-order valence-electron chi connectivity index (χ4n) is 2.01. The second-order valence-electron chi connectivity index (χ2n) is 4.60. The van der Waals surface area contributed by atoms with Crippen LogP contribution in [0.2, 0.25) is 0 Å². The highest BCUT2D eigenvalue weighted by atomic mass is 15.1. The smallest absolute Gasteiger partial charge is 0.0413 e. The largest absolute Gasteiger partial charge is 0.345 e. The van der Waals surface area contributed by atoms with E-state index in [-0.39, 0.29) is 0 Å². The number of rotatable bonds is 2. The number of hydrogen-bond acceptors (Lipinski definition) is 1. The Morgan fingerprint density at radius 3 is 1.82 bits per heavy atom. The predicted molar refractivity (Wildman–Crippen MR) is 75.2 cm³/mol. The van der Waals surface area contributed by atoms with Gasteiger partial charge in [-0.25, -0.2) is 0 Å². The molecule has 0 N–H and O–H groups in total. The molecule has 17 heavy (non-hydrogen) atoms. The molecule has 1 heteroatoms. The van der Waals surface area contributed by atoms with E-state index in [1.165, 1.54) is 28.1 Å². The summed E-state index contributed by atoms with van der Waals surface area (Å²) in [5.41, 5.74) is 6.55. The molecule has 0 saturated heterocycles. The van der Waals surface area contributed by atoms with E-state index in [2.05, 4.69) is 69.1 Å². The standard InChI is InChI=1S/C16H19N/c1-12-10-16(11-13(2)14(12)3)17(4)15-8-6-5-7-9-15/h5-11H,1-4H3. The molecule has 0 amide bonds. The summed E-state index contributed by atoms with van der Waals surface area (Å²) < 4.78 is 0. The molecule has 1 nitrogen and oxygen atoms in total. The maximum Gasteiger partial charge on any atom is 0.0413 e. The lowest BCUT2D eigenvalue weighted by molar-refractivity contribution is 1.17. The summed E-state index contributed by atoms with van der Waals surface area (Å²) in [7, 11) is 2.11. The highest BCUT2D eigenvalue weighted by Gasteiger charge is 2.06. The van der Waals surface area contributed by atoms with Crippen molar-refractivity contribution in [3.8, 4) is 0 Å². The van der Waals surface area contributed by atoms with E-state index in [1.807, 2.05) is 6.07 Å². The second-order valence-corrected chi connectivity index (χ2v) is 4.60. The van der Waals surface area contributed by atoms with Gasteiger partial charge in [-0.2, -0.15) is 0 Å². The first-order valence-corrected chi connectivity index (χ1v) is 5.96. The molecule has 2 rings (SSSR count). The Morgan fingerprint density at radius 2 is 1.29 bits per heavy atom. The van der Waals surface area contributed by atoms with Crippen LogP contribution in [0.5, 0.6) is 0 Å². The third-order valence-electron chi connectivity index (χ3n) is 3.44. The van der Waals surface area contributed by atoms with E-state index >= 15 is 0 Å². The van der Waals surface area contributed by atoms with Crippen LogP contribution in [-0.2, 0) is 0 Å². The van der Waals surface area contributed by atoms with Gasteiger partial charge in [0.15, 0.2) is 0 Å². The molecule has 0 heterocycles. The maximum atomic E-state index is 2.25. The van der Waals surface area contributed by atoms with Crippen LogP contribution < -0.4 is 4.90 Å². The number of benzene rings is 2. The molecule has 0 aliphatic carbocycles. The van der Waals surface area contributed by atoms with Crippen molar-refractivity contribution in [3.63, 3.8) is 0 Å².